The van der Waals surface area contributed by atoms with Gasteiger partial charge >= 0.3 is 0 Å². The van der Waals surface area contributed by atoms with Gasteiger partial charge in [0.25, 0.3) is 0 Å². The normalized spacial score (nSPS) is 9.44. The van der Waals surface area contributed by atoms with Crippen LogP contribution in [-0.4, -0.2) is 12.2 Å². The SMILES string of the molecule is CC(C)c1c(CN=C=O)cccc1N=C=O. The fourth-order valence-corrected chi connectivity index (χ4v) is 1.67. The summed E-state index contributed by atoms with van der Waals surface area (Å²) in [7, 11) is 0. The summed E-state index contributed by atoms with van der Waals surface area (Å²) in [4.78, 5) is 27.6. The molecule has 0 aliphatic carbocycles. The van der Waals surface area contributed by atoms with Crippen LogP contribution in [0.5, 0.6) is 0 Å². The molecule has 1 rings (SSSR count). The van der Waals surface area contributed by atoms with Gasteiger partial charge in [-0.05, 0) is 23.1 Å². The van der Waals surface area contributed by atoms with E-state index >= 15 is 0 Å². The molecule has 0 saturated heterocycles. The standard InChI is InChI=1S/C12H12N2O2/c1-9(2)12-10(6-13-7-15)4-3-5-11(12)14-8-16/h3-5,9H,6H2,1-2H3. The summed E-state index contributed by atoms with van der Waals surface area (Å²) in [5.74, 6) is 0.199. The van der Waals surface area contributed by atoms with Crippen LogP contribution in [0.2, 0.25) is 0 Å². The highest BCUT2D eigenvalue weighted by Gasteiger charge is 2.11. The molecule has 0 heterocycles. The van der Waals surface area contributed by atoms with E-state index in [1.54, 1.807) is 12.1 Å². The summed E-state index contributed by atoms with van der Waals surface area (Å²) in [6, 6.07) is 5.38. The second kappa shape index (κ2) is 5.76. The number of benzene rings is 1. The average Bonchev–Trinajstić information content (AvgIpc) is 2.26. The van der Waals surface area contributed by atoms with Crippen LogP contribution in [0.15, 0.2) is 28.2 Å². The Morgan fingerprint density at radius 2 is 2.00 bits per heavy atom. The Morgan fingerprint density at radius 3 is 2.56 bits per heavy atom. The first-order valence-electron chi connectivity index (χ1n) is 4.94. The van der Waals surface area contributed by atoms with E-state index in [0.717, 1.165) is 11.1 Å². The molecular weight excluding hydrogens is 204 g/mol. The van der Waals surface area contributed by atoms with Crippen LogP contribution in [0.3, 0.4) is 0 Å². The molecule has 0 aromatic heterocycles. The Labute approximate surface area is 93.7 Å². The van der Waals surface area contributed by atoms with Gasteiger partial charge in [0.2, 0.25) is 12.2 Å². The van der Waals surface area contributed by atoms with Crippen LogP contribution < -0.4 is 0 Å². The van der Waals surface area contributed by atoms with Crippen molar-refractivity contribution >= 4 is 17.8 Å². The minimum absolute atomic E-state index is 0.199. The topological polar surface area (TPSA) is 58.9 Å². The van der Waals surface area contributed by atoms with Crippen LogP contribution in [0, 0.1) is 0 Å². The summed E-state index contributed by atoms with van der Waals surface area (Å²) in [5, 5.41) is 0. The lowest BCUT2D eigenvalue weighted by molar-refractivity contribution is 0.562. The molecule has 0 atom stereocenters. The predicted octanol–water partition coefficient (Wildman–Crippen LogP) is 2.61. The van der Waals surface area contributed by atoms with Crippen molar-refractivity contribution < 1.29 is 9.59 Å². The molecule has 1 aromatic rings. The first-order valence-corrected chi connectivity index (χ1v) is 4.94. The Hall–Kier alpha value is -2.02. The van der Waals surface area contributed by atoms with E-state index in [1.165, 1.54) is 12.2 Å². The van der Waals surface area contributed by atoms with Crippen LogP contribution >= 0.6 is 0 Å². The van der Waals surface area contributed by atoms with Gasteiger partial charge in [-0.25, -0.2) is 14.6 Å². The van der Waals surface area contributed by atoms with Crippen molar-refractivity contribution in [2.75, 3.05) is 0 Å². The zero-order valence-corrected chi connectivity index (χ0v) is 9.23. The van der Waals surface area contributed by atoms with Gasteiger partial charge in [-0.2, -0.15) is 4.99 Å². The molecule has 4 heteroatoms. The van der Waals surface area contributed by atoms with Gasteiger partial charge in [-0.3, -0.25) is 0 Å². The molecule has 0 unspecified atom stereocenters. The van der Waals surface area contributed by atoms with Crippen LogP contribution in [-0.2, 0) is 16.1 Å². The molecule has 0 radical (unpaired) electrons. The Bertz CT molecular complexity index is 468. The Balaban J connectivity index is 3.31. The van der Waals surface area contributed by atoms with Crippen LogP contribution in [0.25, 0.3) is 0 Å². The molecule has 0 amide bonds. The van der Waals surface area contributed by atoms with E-state index in [9.17, 15) is 9.59 Å². The van der Waals surface area contributed by atoms with Gasteiger partial charge in [0.05, 0.1) is 12.2 Å². The summed E-state index contributed by atoms with van der Waals surface area (Å²) >= 11 is 0. The van der Waals surface area contributed by atoms with Gasteiger partial charge in [0, 0.05) is 0 Å². The van der Waals surface area contributed by atoms with Gasteiger partial charge in [0.1, 0.15) is 0 Å². The van der Waals surface area contributed by atoms with E-state index in [0.29, 0.717) is 5.69 Å². The van der Waals surface area contributed by atoms with Crippen LogP contribution in [0.4, 0.5) is 5.69 Å². The zero-order valence-electron chi connectivity index (χ0n) is 9.23. The van der Waals surface area contributed by atoms with Gasteiger partial charge in [-0.15, -0.1) is 0 Å². The van der Waals surface area contributed by atoms with Crippen LogP contribution in [0.1, 0.15) is 30.9 Å². The van der Waals surface area contributed by atoms with Crippen molar-refractivity contribution in [3.05, 3.63) is 29.3 Å². The third-order valence-corrected chi connectivity index (χ3v) is 2.23. The van der Waals surface area contributed by atoms with Crippen molar-refractivity contribution in [2.24, 2.45) is 9.98 Å². The monoisotopic (exact) mass is 216 g/mol. The molecule has 0 spiro atoms. The lowest BCUT2D eigenvalue weighted by atomic mass is 9.95. The highest BCUT2D eigenvalue weighted by molar-refractivity contribution is 5.57. The van der Waals surface area contributed by atoms with Crippen molar-refractivity contribution in [3.63, 3.8) is 0 Å². The first kappa shape index (κ1) is 12.1. The maximum Gasteiger partial charge on any atom is 0.240 e. The maximum absolute atomic E-state index is 10.3. The molecule has 0 N–H and O–H groups in total. The number of hydrogen-bond donors (Lipinski definition) is 0. The van der Waals surface area contributed by atoms with Gasteiger partial charge in [-0.1, -0.05) is 26.0 Å². The molecule has 82 valence electrons. The highest BCUT2D eigenvalue weighted by Crippen LogP contribution is 2.30. The number of isocyanates is 2. The highest BCUT2D eigenvalue weighted by atomic mass is 16.1. The first-order chi connectivity index (χ1) is 7.70. The molecule has 4 nitrogen and oxygen atoms in total. The fourth-order valence-electron chi connectivity index (χ4n) is 1.67. The summed E-state index contributed by atoms with van der Waals surface area (Å²) in [5.41, 5.74) is 2.39. The predicted molar refractivity (Wildman–Crippen MR) is 60.1 cm³/mol. The maximum atomic E-state index is 10.3. The lowest BCUT2D eigenvalue weighted by Gasteiger charge is -2.12. The number of carbonyl (C=O) groups excluding carboxylic acids is 2. The van der Waals surface area contributed by atoms with Crippen molar-refractivity contribution in [1.82, 2.24) is 0 Å². The summed E-state index contributed by atoms with van der Waals surface area (Å²) in [6.45, 7) is 4.25. The third kappa shape index (κ3) is 2.74. The number of rotatable bonds is 4. The number of aliphatic imine (C=N–C) groups is 2. The van der Waals surface area contributed by atoms with E-state index in [4.69, 9.17) is 0 Å². The molecule has 1 aromatic carbocycles. The number of hydrogen-bond acceptors (Lipinski definition) is 4. The Morgan fingerprint density at radius 1 is 1.25 bits per heavy atom. The molecule has 0 aliphatic heterocycles. The molecule has 0 aliphatic rings. The lowest BCUT2D eigenvalue weighted by Crippen LogP contribution is -1.96. The largest absolute Gasteiger partial charge is 0.240 e. The fraction of sp³-hybridized carbons (Fsp3) is 0.333. The third-order valence-electron chi connectivity index (χ3n) is 2.23. The number of nitrogens with zero attached hydrogens (tertiary/aromatic N) is 2. The van der Waals surface area contributed by atoms with E-state index in [2.05, 4.69) is 9.98 Å². The minimum atomic E-state index is 0.199. The second-order valence-corrected chi connectivity index (χ2v) is 3.62. The summed E-state index contributed by atoms with van der Waals surface area (Å²) < 4.78 is 0. The van der Waals surface area contributed by atoms with Gasteiger partial charge < -0.3 is 0 Å². The second-order valence-electron chi connectivity index (χ2n) is 3.62. The van der Waals surface area contributed by atoms with Crippen molar-refractivity contribution in [3.8, 4) is 0 Å². The molecule has 0 fully saturated rings. The average molecular weight is 216 g/mol. The van der Waals surface area contributed by atoms with E-state index in [-0.39, 0.29) is 12.5 Å². The molecular formula is C12H12N2O2. The van der Waals surface area contributed by atoms with E-state index < -0.39 is 0 Å². The minimum Gasteiger partial charge on any atom is -0.211 e. The smallest absolute Gasteiger partial charge is 0.211 e. The van der Waals surface area contributed by atoms with Crippen molar-refractivity contribution in [2.45, 2.75) is 26.3 Å². The van der Waals surface area contributed by atoms with Crippen molar-refractivity contribution in [1.29, 1.82) is 0 Å². The molecule has 0 saturated carbocycles. The molecule has 0 bridgehead atoms. The Kier molecular flexibility index (Phi) is 4.34. The zero-order chi connectivity index (χ0) is 12.0. The van der Waals surface area contributed by atoms with Gasteiger partial charge in [0.15, 0.2) is 0 Å². The quantitative estimate of drug-likeness (QED) is 0.573. The van der Waals surface area contributed by atoms with E-state index in [1.807, 2.05) is 19.9 Å². The summed E-state index contributed by atoms with van der Waals surface area (Å²) in [6.07, 6.45) is 3.03. The molecule has 16 heavy (non-hydrogen) atoms.